The fourth-order valence-corrected chi connectivity index (χ4v) is 4.14. The van der Waals surface area contributed by atoms with E-state index in [2.05, 4.69) is 9.97 Å². The summed E-state index contributed by atoms with van der Waals surface area (Å²) in [6.45, 7) is 6.53. The van der Waals surface area contributed by atoms with Gasteiger partial charge in [0.2, 0.25) is 5.95 Å². The first-order valence-corrected chi connectivity index (χ1v) is 11.4. The van der Waals surface area contributed by atoms with Crippen molar-refractivity contribution in [3.8, 4) is 5.75 Å². The third-order valence-electron chi connectivity index (χ3n) is 5.80. The summed E-state index contributed by atoms with van der Waals surface area (Å²) in [5.74, 6) is -0.542. The number of aromatic amines is 1. The number of aromatic nitrogens is 2. The maximum atomic E-state index is 13.3. The molecule has 0 bridgehead atoms. The Labute approximate surface area is 201 Å². The molecule has 2 aromatic heterocycles. The summed E-state index contributed by atoms with van der Waals surface area (Å²) in [6.07, 6.45) is 1.46. The molecule has 0 radical (unpaired) electrons. The van der Waals surface area contributed by atoms with Crippen LogP contribution >= 0.6 is 0 Å². The van der Waals surface area contributed by atoms with E-state index in [-0.39, 0.29) is 17.3 Å². The number of aliphatic hydroxyl groups is 1. The highest BCUT2D eigenvalue weighted by atomic mass is 16.5. The van der Waals surface area contributed by atoms with Gasteiger partial charge in [-0.2, -0.15) is 0 Å². The summed E-state index contributed by atoms with van der Waals surface area (Å²) in [6, 6.07) is 14.8. The molecule has 1 unspecified atom stereocenters. The molecule has 8 heteroatoms. The van der Waals surface area contributed by atoms with E-state index >= 15 is 0 Å². The van der Waals surface area contributed by atoms with Crippen LogP contribution in [0.4, 0.5) is 5.95 Å². The van der Waals surface area contributed by atoms with Gasteiger partial charge < -0.3 is 19.2 Å². The molecule has 1 saturated heterocycles. The molecule has 2 N–H and O–H groups in total. The van der Waals surface area contributed by atoms with Gasteiger partial charge in [0.1, 0.15) is 23.3 Å². The summed E-state index contributed by atoms with van der Waals surface area (Å²) in [5.41, 5.74) is 2.69. The van der Waals surface area contributed by atoms with Crippen LogP contribution in [0.2, 0.25) is 0 Å². The molecule has 1 aliphatic heterocycles. The average molecular weight is 472 g/mol. The Morgan fingerprint density at radius 3 is 2.74 bits per heavy atom. The minimum Gasteiger partial charge on any atom is -0.507 e. The van der Waals surface area contributed by atoms with Crippen LogP contribution in [0.5, 0.6) is 5.75 Å². The third kappa shape index (κ3) is 4.07. The number of fused-ring (bicyclic) bond motifs is 1. The Kier molecular flexibility index (Phi) is 5.64. The van der Waals surface area contributed by atoms with Crippen molar-refractivity contribution in [3.05, 3.63) is 83.3 Å². The molecule has 1 amide bonds. The number of ether oxygens (including phenoxy) is 1. The Balaban J connectivity index is 1.63. The van der Waals surface area contributed by atoms with Gasteiger partial charge in [0, 0.05) is 5.56 Å². The molecule has 0 aliphatic carbocycles. The van der Waals surface area contributed by atoms with E-state index in [1.165, 1.54) is 11.2 Å². The molecule has 0 saturated carbocycles. The maximum absolute atomic E-state index is 13.3. The van der Waals surface area contributed by atoms with Gasteiger partial charge >= 0.3 is 5.91 Å². The van der Waals surface area contributed by atoms with Crippen LogP contribution in [-0.4, -0.2) is 33.4 Å². The zero-order valence-electron chi connectivity index (χ0n) is 19.6. The molecule has 1 atom stereocenters. The van der Waals surface area contributed by atoms with Crippen LogP contribution in [0.15, 0.2) is 70.9 Å². The number of amides is 1. The number of anilines is 1. The van der Waals surface area contributed by atoms with Crippen molar-refractivity contribution in [1.82, 2.24) is 9.97 Å². The number of nitrogens with zero attached hydrogens (tertiary/aromatic N) is 2. The number of furan rings is 1. The molecule has 3 heterocycles. The van der Waals surface area contributed by atoms with E-state index < -0.39 is 17.7 Å². The Morgan fingerprint density at radius 2 is 2.00 bits per heavy atom. The van der Waals surface area contributed by atoms with Crippen molar-refractivity contribution in [1.29, 1.82) is 0 Å². The first kappa shape index (κ1) is 22.5. The number of aliphatic hydroxyl groups excluding tert-OH is 1. The Bertz CT molecular complexity index is 1450. The van der Waals surface area contributed by atoms with Crippen LogP contribution in [0.3, 0.4) is 0 Å². The van der Waals surface area contributed by atoms with Crippen molar-refractivity contribution in [2.75, 3.05) is 11.5 Å². The van der Waals surface area contributed by atoms with Gasteiger partial charge in [-0.15, -0.1) is 0 Å². The fraction of sp³-hybridized carbons (Fsp3) is 0.222. The lowest BCUT2D eigenvalue weighted by Crippen LogP contribution is -2.30. The van der Waals surface area contributed by atoms with E-state index in [0.717, 1.165) is 11.1 Å². The van der Waals surface area contributed by atoms with Gasteiger partial charge in [0.05, 0.1) is 29.5 Å². The van der Waals surface area contributed by atoms with Crippen LogP contribution < -0.4 is 9.64 Å². The zero-order valence-corrected chi connectivity index (χ0v) is 19.6. The van der Waals surface area contributed by atoms with E-state index in [1.54, 1.807) is 36.4 Å². The molecule has 4 aromatic rings. The summed E-state index contributed by atoms with van der Waals surface area (Å²) in [4.78, 5) is 35.4. The third-order valence-corrected chi connectivity index (χ3v) is 5.80. The second kappa shape index (κ2) is 8.79. The minimum atomic E-state index is -0.994. The van der Waals surface area contributed by atoms with E-state index in [9.17, 15) is 14.7 Å². The smallest absolute Gasteiger partial charge is 0.302 e. The van der Waals surface area contributed by atoms with Crippen molar-refractivity contribution in [3.63, 3.8) is 0 Å². The highest BCUT2D eigenvalue weighted by molar-refractivity contribution is 6.51. The molecule has 178 valence electrons. The molecule has 5 rings (SSSR count). The number of H-pyrrole nitrogens is 1. The number of aryl methyl sites for hydroxylation is 1. The number of hydrogen-bond acceptors (Lipinski definition) is 6. The second-order valence-electron chi connectivity index (χ2n) is 9.00. The number of imidazole rings is 1. The lowest BCUT2D eigenvalue weighted by Gasteiger charge is -2.20. The predicted octanol–water partition coefficient (Wildman–Crippen LogP) is 5.13. The average Bonchev–Trinajstić information content (AvgIpc) is 3.56. The second-order valence-corrected chi connectivity index (χ2v) is 9.00. The monoisotopic (exact) mass is 471 g/mol. The van der Waals surface area contributed by atoms with Gasteiger partial charge in [-0.25, -0.2) is 4.98 Å². The molecule has 8 nitrogen and oxygen atoms in total. The standard InChI is InChI=1S/C27H25N3O5/c1-15(2)14-35-18-7-4-6-17(13-18)24(31)22-23(21-8-5-11-34-21)30(26(33)25(22)32)27-28-19-10-9-16(3)12-20(19)29-27/h4-13,15,23,31H,14H2,1-3H3,(H,28,29)/b24-22+. The number of carbonyl (C=O) groups is 2. The zero-order chi connectivity index (χ0) is 24.7. The topological polar surface area (TPSA) is 109 Å². The normalized spacial score (nSPS) is 17.6. The van der Waals surface area contributed by atoms with E-state index in [4.69, 9.17) is 9.15 Å². The Hall–Kier alpha value is -4.33. The minimum absolute atomic E-state index is 0.0809. The number of hydrogen-bond donors (Lipinski definition) is 2. The van der Waals surface area contributed by atoms with Crippen molar-refractivity contribution in [2.24, 2.45) is 5.92 Å². The van der Waals surface area contributed by atoms with Gasteiger partial charge in [0.25, 0.3) is 5.78 Å². The van der Waals surface area contributed by atoms with Crippen LogP contribution in [-0.2, 0) is 9.59 Å². The van der Waals surface area contributed by atoms with Gasteiger partial charge in [-0.3, -0.25) is 14.5 Å². The molecule has 1 fully saturated rings. The molecule has 2 aromatic carbocycles. The molecule has 35 heavy (non-hydrogen) atoms. The van der Waals surface area contributed by atoms with Gasteiger partial charge in [-0.1, -0.05) is 32.0 Å². The number of Topliss-reactive ketones (excluding diaryl/α,β-unsaturated/α-hetero) is 1. The van der Waals surface area contributed by atoms with Crippen molar-refractivity contribution < 1.29 is 23.8 Å². The van der Waals surface area contributed by atoms with E-state index in [0.29, 0.717) is 35.1 Å². The number of ketones is 1. The predicted molar refractivity (Wildman–Crippen MR) is 131 cm³/mol. The summed E-state index contributed by atoms with van der Waals surface area (Å²) < 4.78 is 11.4. The molecular formula is C27H25N3O5. The SMILES string of the molecule is Cc1ccc2nc(N3C(=O)C(=O)/C(=C(/O)c4cccc(OCC(C)C)c4)C3c3ccco3)[nH]c2c1. The molecule has 0 spiro atoms. The number of benzene rings is 2. The molecular weight excluding hydrogens is 446 g/mol. The van der Waals surface area contributed by atoms with Crippen LogP contribution in [0.25, 0.3) is 16.8 Å². The highest BCUT2D eigenvalue weighted by Gasteiger charge is 2.49. The number of nitrogens with one attached hydrogen (secondary N) is 1. The maximum Gasteiger partial charge on any atom is 0.302 e. The molecule has 1 aliphatic rings. The number of carbonyl (C=O) groups excluding carboxylic acids is 2. The lowest BCUT2D eigenvalue weighted by molar-refractivity contribution is -0.132. The largest absolute Gasteiger partial charge is 0.507 e. The van der Waals surface area contributed by atoms with Crippen molar-refractivity contribution >= 4 is 34.4 Å². The fourth-order valence-electron chi connectivity index (χ4n) is 4.14. The number of rotatable bonds is 6. The summed E-state index contributed by atoms with van der Waals surface area (Å²) >= 11 is 0. The highest BCUT2D eigenvalue weighted by Crippen LogP contribution is 2.42. The lowest BCUT2D eigenvalue weighted by atomic mass is 9.99. The van der Waals surface area contributed by atoms with Crippen LogP contribution in [0, 0.1) is 12.8 Å². The quantitative estimate of drug-likeness (QED) is 0.229. The summed E-state index contributed by atoms with van der Waals surface area (Å²) in [5, 5.41) is 11.3. The van der Waals surface area contributed by atoms with Crippen molar-refractivity contribution in [2.45, 2.75) is 26.8 Å². The summed E-state index contributed by atoms with van der Waals surface area (Å²) in [7, 11) is 0. The first-order valence-electron chi connectivity index (χ1n) is 11.4. The van der Waals surface area contributed by atoms with E-state index in [1.807, 2.05) is 39.0 Å². The first-order chi connectivity index (χ1) is 16.8. The van der Waals surface area contributed by atoms with Gasteiger partial charge in [0.15, 0.2) is 0 Å². The van der Waals surface area contributed by atoms with Gasteiger partial charge in [-0.05, 0) is 54.8 Å². The van der Waals surface area contributed by atoms with Crippen LogP contribution in [0.1, 0.15) is 36.8 Å². The Morgan fingerprint density at radius 1 is 1.17 bits per heavy atom.